The van der Waals surface area contributed by atoms with Crippen LogP contribution in [0.5, 0.6) is 0 Å². The minimum Gasteiger partial charge on any atom is -0.466 e. The van der Waals surface area contributed by atoms with Crippen molar-refractivity contribution in [1.29, 1.82) is 0 Å². The molecule has 0 spiro atoms. The van der Waals surface area contributed by atoms with Crippen LogP contribution in [0.1, 0.15) is 373 Å². The number of aliphatic hydroxyl groups excluding tert-OH is 2. The maximum Gasteiger partial charge on any atom is 0.305 e. The summed E-state index contributed by atoms with van der Waals surface area (Å²) in [6.45, 7) is 4.91. The van der Waals surface area contributed by atoms with Crippen LogP contribution in [0.15, 0.2) is 36.5 Å². The van der Waals surface area contributed by atoms with E-state index in [1.807, 2.05) is 6.08 Å². The zero-order valence-electron chi connectivity index (χ0n) is 51.3. The number of aliphatic hydroxyl groups is 2. The van der Waals surface area contributed by atoms with Crippen LogP contribution in [-0.2, 0) is 14.3 Å². The lowest BCUT2D eigenvalue weighted by Crippen LogP contribution is -2.45. The highest BCUT2D eigenvalue weighted by atomic mass is 16.5. The number of carbonyl (C=O) groups excluding carboxylic acids is 2. The summed E-state index contributed by atoms with van der Waals surface area (Å²) in [6, 6.07) is -0.635. The van der Waals surface area contributed by atoms with E-state index in [-0.39, 0.29) is 18.5 Å². The molecule has 0 aromatic heterocycles. The lowest BCUT2D eigenvalue weighted by molar-refractivity contribution is -0.143. The van der Waals surface area contributed by atoms with Crippen LogP contribution in [0.25, 0.3) is 0 Å². The topological polar surface area (TPSA) is 95.9 Å². The number of hydrogen-bond acceptors (Lipinski definition) is 5. The van der Waals surface area contributed by atoms with E-state index >= 15 is 0 Å². The summed E-state index contributed by atoms with van der Waals surface area (Å²) >= 11 is 0. The van der Waals surface area contributed by atoms with E-state index < -0.39 is 12.1 Å². The van der Waals surface area contributed by atoms with Crippen molar-refractivity contribution >= 4 is 11.9 Å². The van der Waals surface area contributed by atoms with Crippen LogP contribution in [-0.4, -0.2) is 47.4 Å². The molecule has 76 heavy (non-hydrogen) atoms. The number of unbranched alkanes of at least 4 members (excludes halogenated alkanes) is 49. The van der Waals surface area contributed by atoms with Gasteiger partial charge in [-0.05, 0) is 83.5 Å². The van der Waals surface area contributed by atoms with Gasteiger partial charge in [0.2, 0.25) is 5.91 Å². The van der Waals surface area contributed by atoms with Gasteiger partial charge in [-0.25, -0.2) is 0 Å². The van der Waals surface area contributed by atoms with Gasteiger partial charge in [0.1, 0.15) is 0 Å². The molecule has 0 radical (unpaired) electrons. The summed E-state index contributed by atoms with van der Waals surface area (Å²) in [4.78, 5) is 24.6. The second kappa shape index (κ2) is 65.6. The molecule has 0 aromatic carbocycles. The molecule has 6 heteroatoms. The van der Waals surface area contributed by atoms with E-state index in [0.717, 1.165) is 51.4 Å². The van der Waals surface area contributed by atoms with Crippen LogP contribution in [0.4, 0.5) is 0 Å². The second-order valence-electron chi connectivity index (χ2n) is 23.5. The molecule has 448 valence electrons. The first-order chi connectivity index (χ1) is 37.5. The quantitative estimate of drug-likeness (QED) is 0.0320. The van der Waals surface area contributed by atoms with Gasteiger partial charge in [0, 0.05) is 12.8 Å². The maximum atomic E-state index is 12.5. The first-order valence-corrected chi connectivity index (χ1v) is 34.3. The summed E-state index contributed by atoms with van der Waals surface area (Å²) in [5.41, 5.74) is 0. The van der Waals surface area contributed by atoms with Gasteiger partial charge in [-0.3, -0.25) is 9.59 Å². The molecule has 1 amide bonds. The van der Waals surface area contributed by atoms with Crippen LogP contribution >= 0.6 is 0 Å². The number of carbonyl (C=O) groups is 2. The second-order valence-corrected chi connectivity index (χ2v) is 23.5. The Kier molecular flexibility index (Phi) is 63.9. The molecule has 0 aliphatic carbocycles. The van der Waals surface area contributed by atoms with E-state index in [4.69, 9.17) is 4.74 Å². The molecule has 3 N–H and O–H groups in total. The van der Waals surface area contributed by atoms with Crippen LogP contribution in [0.2, 0.25) is 0 Å². The highest BCUT2D eigenvalue weighted by molar-refractivity contribution is 5.76. The highest BCUT2D eigenvalue weighted by Crippen LogP contribution is 2.18. The molecule has 0 fully saturated rings. The van der Waals surface area contributed by atoms with Gasteiger partial charge in [0.15, 0.2) is 0 Å². The summed E-state index contributed by atoms with van der Waals surface area (Å²) in [5, 5.41) is 23.3. The number of nitrogens with one attached hydrogen (secondary N) is 1. The number of allylic oxidation sites excluding steroid dienone is 5. The number of amides is 1. The summed E-state index contributed by atoms with van der Waals surface area (Å²) in [7, 11) is 0. The number of rotatable bonds is 64. The molecule has 0 aliphatic heterocycles. The fourth-order valence-electron chi connectivity index (χ4n) is 10.6. The van der Waals surface area contributed by atoms with Gasteiger partial charge in [-0.15, -0.1) is 0 Å². The molecule has 0 aromatic rings. The third kappa shape index (κ3) is 61.3. The molecule has 0 bridgehead atoms. The molecule has 0 aliphatic rings. The van der Waals surface area contributed by atoms with Crippen molar-refractivity contribution in [3.05, 3.63) is 36.5 Å². The van der Waals surface area contributed by atoms with E-state index in [9.17, 15) is 19.8 Å². The van der Waals surface area contributed by atoms with Crippen LogP contribution in [0.3, 0.4) is 0 Å². The summed E-state index contributed by atoms with van der Waals surface area (Å²) in [5.74, 6) is -0.0728. The Labute approximate surface area is 474 Å². The summed E-state index contributed by atoms with van der Waals surface area (Å²) in [6.07, 6.45) is 83.5. The SMILES string of the molecule is CCCCCCC/C=C\CCCCCCCC(=O)OCCCCCCCCCCCC/C=C\CCCCCCCCCC(=O)NC(CO)C(O)/C=C/CCCCCCCCCCCCCCCCCCCCCCCC. The molecule has 0 saturated carbocycles. The third-order valence-electron chi connectivity index (χ3n) is 15.9. The molecule has 0 rings (SSSR count). The molecule has 6 nitrogen and oxygen atoms in total. The van der Waals surface area contributed by atoms with Crippen LogP contribution in [0, 0.1) is 0 Å². The van der Waals surface area contributed by atoms with Crippen LogP contribution < -0.4 is 5.32 Å². The fraction of sp³-hybridized carbons (Fsp3) is 0.886. The molecular formula is C70H133NO5. The first kappa shape index (κ1) is 74.1. The first-order valence-electron chi connectivity index (χ1n) is 34.3. The lowest BCUT2D eigenvalue weighted by Gasteiger charge is -2.20. The van der Waals surface area contributed by atoms with E-state index in [2.05, 4.69) is 43.5 Å². The third-order valence-corrected chi connectivity index (χ3v) is 15.9. The van der Waals surface area contributed by atoms with Gasteiger partial charge in [0.25, 0.3) is 0 Å². The maximum absolute atomic E-state index is 12.5. The zero-order chi connectivity index (χ0) is 55.0. The number of esters is 1. The van der Waals surface area contributed by atoms with Gasteiger partial charge in [-0.1, -0.05) is 314 Å². The smallest absolute Gasteiger partial charge is 0.305 e. The lowest BCUT2D eigenvalue weighted by atomic mass is 10.0. The molecule has 0 heterocycles. The van der Waals surface area contributed by atoms with Gasteiger partial charge in [-0.2, -0.15) is 0 Å². The fourth-order valence-corrected chi connectivity index (χ4v) is 10.6. The van der Waals surface area contributed by atoms with Crippen molar-refractivity contribution in [2.45, 2.75) is 386 Å². The Morgan fingerprint density at radius 3 is 0.934 bits per heavy atom. The van der Waals surface area contributed by atoms with Crippen molar-refractivity contribution < 1.29 is 24.5 Å². The summed E-state index contributed by atoms with van der Waals surface area (Å²) < 4.78 is 5.48. The van der Waals surface area contributed by atoms with Gasteiger partial charge in [0.05, 0.1) is 25.4 Å². The van der Waals surface area contributed by atoms with E-state index in [0.29, 0.717) is 19.4 Å². The standard InChI is InChI=1S/C70H133NO5/c1-3-5-7-9-11-13-15-17-19-20-21-22-23-24-26-29-32-35-38-42-46-50-54-58-62-68(73)67(66-72)71-69(74)63-59-55-51-47-43-39-36-33-30-27-25-28-31-34-37-41-45-49-53-57-61-65-76-70(75)64-60-56-52-48-44-40-18-16-14-12-10-8-6-4-2/h16,18,27,30,58,62,67-68,72-73H,3-15,17,19-26,28-29,31-57,59-61,63-66H2,1-2H3,(H,71,74)/b18-16-,30-27-,62-58+. The number of hydrogen-bond donors (Lipinski definition) is 3. The molecule has 0 saturated heterocycles. The minimum absolute atomic E-state index is 0.000487. The Morgan fingerprint density at radius 2 is 0.618 bits per heavy atom. The van der Waals surface area contributed by atoms with Crippen molar-refractivity contribution in [3.8, 4) is 0 Å². The Hall–Kier alpha value is -1.92. The molecular weight excluding hydrogens is 935 g/mol. The average Bonchev–Trinajstić information content (AvgIpc) is 3.42. The van der Waals surface area contributed by atoms with E-state index in [1.54, 1.807) is 6.08 Å². The largest absolute Gasteiger partial charge is 0.466 e. The normalized spacial score (nSPS) is 12.7. The van der Waals surface area contributed by atoms with Gasteiger partial charge < -0.3 is 20.3 Å². The van der Waals surface area contributed by atoms with Gasteiger partial charge >= 0.3 is 5.97 Å². The average molecular weight is 1070 g/mol. The monoisotopic (exact) mass is 1070 g/mol. The number of ether oxygens (including phenoxy) is 1. The highest BCUT2D eigenvalue weighted by Gasteiger charge is 2.18. The Morgan fingerprint density at radius 1 is 0.355 bits per heavy atom. The Bertz CT molecular complexity index is 1230. The van der Waals surface area contributed by atoms with Crippen molar-refractivity contribution in [3.63, 3.8) is 0 Å². The Balaban J connectivity index is 3.46. The predicted molar refractivity (Wildman–Crippen MR) is 333 cm³/mol. The van der Waals surface area contributed by atoms with Crippen molar-refractivity contribution in [1.82, 2.24) is 5.32 Å². The molecule has 2 atom stereocenters. The predicted octanol–water partition coefficient (Wildman–Crippen LogP) is 21.9. The zero-order valence-corrected chi connectivity index (χ0v) is 51.3. The van der Waals surface area contributed by atoms with Crippen molar-refractivity contribution in [2.75, 3.05) is 13.2 Å². The minimum atomic E-state index is -0.851. The molecule has 2 unspecified atom stereocenters. The van der Waals surface area contributed by atoms with Crippen molar-refractivity contribution in [2.24, 2.45) is 0 Å². The van der Waals surface area contributed by atoms with E-state index in [1.165, 1.54) is 295 Å².